The van der Waals surface area contributed by atoms with Crippen LogP contribution >= 0.6 is 0 Å². The number of esters is 1. The summed E-state index contributed by atoms with van der Waals surface area (Å²) in [7, 11) is 0. The summed E-state index contributed by atoms with van der Waals surface area (Å²) < 4.78 is 6.18. The summed E-state index contributed by atoms with van der Waals surface area (Å²) in [5.74, 6) is 5.33. The molecule has 4 aliphatic carbocycles. The highest BCUT2D eigenvalue weighted by atomic mass is 16.5. The highest BCUT2D eigenvalue weighted by Gasteiger charge is 2.59. The van der Waals surface area contributed by atoms with Gasteiger partial charge in [-0.3, -0.25) is 4.79 Å². The molecule has 3 fully saturated rings. The molecule has 0 amide bonds. The SMILES string of the molecule is CCCCCCC/C=C\C/C=C\CCCCCCCCCCCCCCCCCCCCCCCCCC(=O)OC1CCC2(C)C(=CCC3C2CCC2(C)C(C(C)CCCC(C)C)CCC32)C1. The molecule has 0 heterocycles. The van der Waals surface area contributed by atoms with Gasteiger partial charge >= 0.3 is 5.97 Å². The van der Waals surface area contributed by atoms with Crippen LogP contribution in [0.25, 0.3) is 0 Å². The van der Waals surface area contributed by atoms with Crippen molar-refractivity contribution in [2.45, 2.75) is 324 Å². The Morgan fingerprint density at radius 1 is 0.582 bits per heavy atom. The Kier molecular flexibility index (Phi) is 30.4. The fourth-order valence-corrected chi connectivity index (χ4v) is 14.6. The Bertz CT molecular complexity index is 1340. The quantitative estimate of drug-likeness (QED) is 0.0348. The average Bonchev–Trinajstić information content (AvgIpc) is 3.67. The summed E-state index contributed by atoms with van der Waals surface area (Å²) in [4.78, 5) is 13.0. The van der Waals surface area contributed by atoms with Crippen molar-refractivity contribution in [1.82, 2.24) is 0 Å². The molecule has 0 saturated heterocycles. The largest absolute Gasteiger partial charge is 0.462 e. The predicted octanol–water partition coefficient (Wildman–Crippen LogP) is 21.6. The Hall–Kier alpha value is -1.31. The average molecular weight is 930 g/mol. The lowest BCUT2D eigenvalue weighted by atomic mass is 9.47. The second kappa shape index (κ2) is 34.9. The van der Waals surface area contributed by atoms with Gasteiger partial charge in [-0.1, -0.05) is 257 Å². The lowest BCUT2D eigenvalue weighted by Gasteiger charge is -2.58. The smallest absolute Gasteiger partial charge is 0.306 e. The molecule has 67 heavy (non-hydrogen) atoms. The molecule has 2 heteroatoms. The molecular formula is C65H116O2. The van der Waals surface area contributed by atoms with Gasteiger partial charge in [-0.15, -0.1) is 0 Å². The fourth-order valence-electron chi connectivity index (χ4n) is 14.6. The van der Waals surface area contributed by atoms with Gasteiger partial charge in [0.05, 0.1) is 0 Å². The van der Waals surface area contributed by atoms with E-state index >= 15 is 0 Å². The molecule has 3 saturated carbocycles. The van der Waals surface area contributed by atoms with E-state index in [1.165, 1.54) is 244 Å². The molecule has 0 aromatic heterocycles. The van der Waals surface area contributed by atoms with Crippen LogP contribution in [0.3, 0.4) is 0 Å². The van der Waals surface area contributed by atoms with Crippen LogP contribution in [0.2, 0.25) is 0 Å². The minimum atomic E-state index is 0.0688. The van der Waals surface area contributed by atoms with Crippen molar-refractivity contribution in [3.05, 3.63) is 36.0 Å². The summed E-state index contributed by atoms with van der Waals surface area (Å²) in [5.41, 5.74) is 2.53. The van der Waals surface area contributed by atoms with Crippen LogP contribution in [0.4, 0.5) is 0 Å². The summed E-state index contributed by atoms with van der Waals surface area (Å²) in [5, 5.41) is 0. The number of carbonyl (C=O) groups is 1. The van der Waals surface area contributed by atoms with Gasteiger partial charge in [0.1, 0.15) is 6.10 Å². The number of fused-ring (bicyclic) bond motifs is 5. The van der Waals surface area contributed by atoms with Gasteiger partial charge in [0.2, 0.25) is 0 Å². The lowest BCUT2D eigenvalue weighted by Crippen LogP contribution is -2.51. The topological polar surface area (TPSA) is 26.3 Å². The maximum atomic E-state index is 13.0. The van der Waals surface area contributed by atoms with E-state index in [1.807, 2.05) is 0 Å². The fraction of sp³-hybridized carbons (Fsp3) is 0.892. The van der Waals surface area contributed by atoms with Crippen molar-refractivity contribution in [3.63, 3.8) is 0 Å². The number of rotatable bonds is 40. The highest BCUT2D eigenvalue weighted by molar-refractivity contribution is 5.69. The van der Waals surface area contributed by atoms with E-state index in [0.717, 1.165) is 61.2 Å². The standard InChI is InChI=1S/C65H116O2/c1-7-8-9-10-11-12-13-14-15-16-17-18-19-20-21-22-23-24-25-26-27-28-29-30-31-32-33-34-35-36-37-38-39-40-41-45-63(66)67-58-50-52-64(5)57(54-58)46-47-59-61-49-48-60(56(4)44-42-43-55(2)3)65(61,6)53-51-62(59)64/h13-14,16-17,46,55-56,58-62H,7-12,15,18-45,47-54H2,1-6H3/b14-13-,17-16-. The van der Waals surface area contributed by atoms with Crippen LogP contribution in [0.1, 0.15) is 318 Å². The molecule has 0 aromatic rings. The summed E-state index contributed by atoms with van der Waals surface area (Å²) >= 11 is 0. The summed E-state index contributed by atoms with van der Waals surface area (Å²) in [6, 6.07) is 0. The van der Waals surface area contributed by atoms with Crippen molar-refractivity contribution >= 4 is 5.97 Å². The van der Waals surface area contributed by atoms with Crippen LogP contribution in [0, 0.1) is 46.3 Å². The zero-order valence-corrected chi connectivity index (χ0v) is 46.2. The minimum Gasteiger partial charge on any atom is -0.462 e. The third-order valence-corrected chi connectivity index (χ3v) is 18.9. The van der Waals surface area contributed by atoms with Crippen molar-refractivity contribution in [1.29, 1.82) is 0 Å². The second-order valence-electron chi connectivity index (χ2n) is 24.7. The zero-order chi connectivity index (χ0) is 47.8. The maximum absolute atomic E-state index is 13.0. The van der Waals surface area contributed by atoms with Crippen molar-refractivity contribution < 1.29 is 9.53 Å². The molecular weight excluding hydrogens is 813 g/mol. The van der Waals surface area contributed by atoms with E-state index in [9.17, 15) is 4.79 Å². The molecule has 2 nitrogen and oxygen atoms in total. The molecule has 0 aromatic carbocycles. The van der Waals surface area contributed by atoms with Crippen LogP contribution in [-0.4, -0.2) is 12.1 Å². The molecule has 0 N–H and O–H groups in total. The minimum absolute atomic E-state index is 0.0688. The van der Waals surface area contributed by atoms with E-state index in [-0.39, 0.29) is 12.1 Å². The number of carbonyl (C=O) groups excluding carboxylic acids is 1. The maximum Gasteiger partial charge on any atom is 0.306 e. The van der Waals surface area contributed by atoms with Gasteiger partial charge in [0, 0.05) is 12.8 Å². The van der Waals surface area contributed by atoms with Crippen LogP contribution in [0.5, 0.6) is 0 Å². The van der Waals surface area contributed by atoms with E-state index in [4.69, 9.17) is 4.74 Å². The monoisotopic (exact) mass is 929 g/mol. The molecule has 4 aliphatic rings. The number of unbranched alkanes of at least 4 members (excludes halogenated alkanes) is 28. The Morgan fingerprint density at radius 3 is 1.61 bits per heavy atom. The van der Waals surface area contributed by atoms with E-state index in [0.29, 0.717) is 17.3 Å². The predicted molar refractivity (Wildman–Crippen MR) is 295 cm³/mol. The van der Waals surface area contributed by atoms with Gasteiger partial charge in [-0.05, 0) is 130 Å². The number of hydrogen-bond acceptors (Lipinski definition) is 2. The van der Waals surface area contributed by atoms with Gasteiger partial charge in [-0.25, -0.2) is 0 Å². The van der Waals surface area contributed by atoms with Crippen LogP contribution in [-0.2, 0) is 9.53 Å². The number of ether oxygens (including phenoxy) is 1. The van der Waals surface area contributed by atoms with Crippen LogP contribution < -0.4 is 0 Å². The Balaban J connectivity index is 0.874. The number of hydrogen-bond donors (Lipinski definition) is 0. The summed E-state index contributed by atoms with van der Waals surface area (Å²) in [6.07, 6.45) is 70.2. The second-order valence-corrected chi connectivity index (χ2v) is 24.7. The van der Waals surface area contributed by atoms with E-state index in [2.05, 4.69) is 71.9 Å². The van der Waals surface area contributed by atoms with Crippen molar-refractivity contribution in [3.8, 4) is 0 Å². The number of allylic oxidation sites excluding steroid dienone is 5. The zero-order valence-electron chi connectivity index (χ0n) is 46.2. The molecule has 0 bridgehead atoms. The lowest BCUT2D eigenvalue weighted by molar-refractivity contribution is -0.151. The Morgan fingerprint density at radius 2 is 1.09 bits per heavy atom. The summed E-state index contributed by atoms with van der Waals surface area (Å²) in [6.45, 7) is 15.0. The van der Waals surface area contributed by atoms with Crippen LogP contribution in [0.15, 0.2) is 36.0 Å². The highest BCUT2D eigenvalue weighted by Crippen LogP contribution is 2.67. The van der Waals surface area contributed by atoms with Gasteiger partial charge in [0.15, 0.2) is 0 Å². The van der Waals surface area contributed by atoms with Crippen molar-refractivity contribution in [2.75, 3.05) is 0 Å². The van der Waals surface area contributed by atoms with E-state index < -0.39 is 0 Å². The van der Waals surface area contributed by atoms with Gasteiger partial charge in [-0.2, -0.15) is 0 Å². The first kappa shape index (κ1) is 58.3. The molecule has 8 atom stereocenters. The molecule has 0 aliphatic heterocycles. The molecule has 0 spiro atoms. The molecule has 4 rings (SSSR count). The third-order valence-electron chi connectivity index (χ3n) is 18.9. The van der Waals surface area contributed by atoms with Gasteiger partial charge < -0.3 is 4.74 Å². The molecule has 388 valence electrons. The first-order chi connectivity index (χ1) is 32.7. The first-order valence-corrected chi connectivity index (χ1v) is 30.9. The Labute approximate surface area is 419 Å². The van der Waals surface area contributed by atoms with Crippen molar-refractivity contribution in [2.24, 2.45) is 46.3 Å². The normalized spacial score (nSPS) is 26.6. The third kappa shape index (κ3) is 21.9. The van der Waals surface area contributed by atoms with Gasteiger partial charge in [0.25, 0.3) is 0 Å². The molecule has 8 unspecified atom stereocenters. The van der Waals surface area contributed by atoms with E-state index in [1.54, 1.807) is 5.57 Å². The first-order valence-electron chi connectivity index (χ1n) is 30.9. The molecule has 0 radical (unpaired) electrons.